The molecule has 0 bridgehead atoms. The molecule has 3 atom stereocenters. The first-order valence-electron chi connectivity index (χ1n) is 11.1. The van der Waals surface area contributed by atoms with Gasteiger partial charge in [0.2, 0.25) is 11.9 Å². The summed E-state index contributed by atoms with van der Waals surface area (Å²) < 4.78 is 5.24. The van der Waals surface area contributed by atoms with Crippen LogP contribution >= 0.6 is 11.8 Å². The molecule has 2 rings (SSSR count). The molecule has 2 amide bonds. The number of fused-ring (bicyclic) bond motifs is 1. The minimum absolute atomic E-state index is 0.0373. The van der Waals surface area contributed by atoms with Crippen LogP contribution in [0.15, 0.2) is 4.99 Å². The van der Waals surface area contributed by atoms with Gasteiger partial charge in [-0.2, -0.15) is 11.8 Å². The maximum atomic E-state index is 11.9. The third-order valence-electron chi connectivity index (χ3n) is 5.08. The number of unbranched alkanes of at least 4 members (excludes halogenated alkanes) is 3. The lowest BCUT2D eigenvalue weighted by molar-refractivity contribution is -0.137. The molecule has 0 saturated carbocycles. The highest BCUT2D eigenvalue weighted by Gasteiger charge is 2.42. The molecule has 2 aliphatic heterocycles. The van der Waals surface area contributed by atoms with Crippen molar-refractivity contribution in [2.45, 2.75) is 95.1 Å². The second kappa shape index (κ2) is 12.2. The second-order valence-corrected chi connectivity index (χ2v) is 10.3. The lowest BCUT2D eigenvalue weighted by atomic mass is 10.0. The monoisotopic (exact) mass is 456 g/mol. The highest BCUT2D eigenvalue weighted by atomic mass is 32.2. The maximum Gasteiger partial charge on any atom is 0.437 e. The van der Waals surface area contributed by atoms with Crippen LogP contribution in [0.3, 0.4) is 0 Å². The molecule has 0 aromatic rings. The van der Waals surface area contributed by atoms with Crippen molar-refractivity contribution in [3.63, 3.8) is 0 Å². The van der Waals surface area contributed by atoms with E-state index in [0.29, 0.717) is 30.6 Å². The SMILES string of the molecule is CC(C)(C)OC(=O)/N=C1/NC2CS[C@@H](CCCCNC(=O)CCCCCC(=O)O)[C@H]2N1. The summed E-state index contributed by atoms with van der Waals surface area (Å²) in [6, 6.07) is 0.503. The number of aliphatic imine (C=N–C) groups is 1. The second-order valence-electron chi connectivity index (χ2n) is 9.03. The standard InChI is InChI=1S/C21H36N4O5S/c1-21(2,3)30-20(29)25-19-23-14-13-31-15(18(14)24-19)9-7-8-12-22-16(26)10-5-4-6-11-17(27)28/h14-15,18H,4-13H2,1-3H3,(H,22,26)(H,27,28)(H2,23,24,25,29)/t14?,15-,18-/m0/s1. The summed E-state index contributed by atoms with van der Waals surface area (Å²) in [5.41, 5.74) is -0.566. The highest BCUT2D eigenvalue weighted by molar-refractivity contribution is 8.00. The molecular weight excluding hydrogens is 420 g/mol. The average Bonchev–Trinajstić information content (AvgIpc) is 3.20. The zero-order valence-electron chi connectivity index (χ0n) is 18.7. The van der Waals surface area contributed by atoms with Gasteiger partial charge in [0.05, 0.1) is 12.1 Å². The number of amides is 2. The van der Waals surface area contributed by atoms with E-state index in [1.54, 1.807) is 0 Å². The van der Waals surface area contributed by atoms with Crippen molar-refractivity contribution in [2.24, 2.45) is 4.99 Å². The summed E-state index contributed by atoms with van der Waals surface area (Å²) in [6.07, 6.45) is 5.12. The molecule has 31 heavy (non-hydrogen) atoms. The third kappa shape index (κ3) is 9.80. The first-order valence-corrected chi connectivity index (χ1v) is 12.1. The van der Waals surface area contributed by atoms with Crippen molar-refractivity contribution in [1.29, 1.82) is 0 Å². The van der Waals surface area contributed by atoms with Crippen LogP contribution in [-0.2, 0) is 14.3 Å². The molecule has 0 radical (unpaired) electrons. The highest BCUT2D eigenvalue weighted by Crippen LogP contribution is 2.33. The number of rotatable bonds is 11. The third-order valence-corrected chi connectivity index (χ3v) is 6.59. The van der Waals surface area contributed by atoms with Gasteiger partial charge in [0.25, 0.3) is 0 Å². The Morgan fingerprint density at radius 3 is 2.58 bits per heavy atom. The van der Waals surface area contributed by atoms with E-state index in [2.05, 4.69) is 20.9 Å². The number of hydrogen-bond donors (Lipinski definition) is 4. The normalized spacial score (nSPS) is 23.7. The van der Waals surface area contributed by atoms with Gasteiger partial charge >= 0.3 is 12.1 Å². The Labute approximate surface area is 188 Å². The Morgan fingerprint density at radius 1 is 1.13 bits per heavy atom. The summed E-state index contributed by atoms with van der Waals surface area (Å²) in [4.78, 5) is 38.2. The number of guanidine groups is 1. The topological polar surface area (TPSA) is 129 Å². The number of carboxylic acids is 1. The molecule has 2 aliphatic rings. The maximum absolute atomic E-state index is 11.9. The Morgan fingerprint density at radius 2 is 1.87 bits per heavy atom. The lowest BCUT2D eigenvalue weighted by Gasteiger charge is -2.18. The van der Waals surface area contributed by atoms with Crippen LogP contribution in [-0.4, -0.2) is 64.3 Å². The van der Waals surface area contributed by atoms with E-state index in [9.17, 15) is 14.4 Å². The molecule has 10 heteroatoms. The number of nitrogens with zero attached hydrogens (tertiary/aromatic N) is 1. The summed E-state index contributed by atoms with van der Waals surface area (Å²) in [5.74, 6) is 0.709. The predicted octanol–water partition coefficient (Wildman–Crippen LogP) is 2.64. The first-order chi connectivity index (χ1) is 14.6. The van der Waals surface area contributed by atoms with Crippen LogP contribution in [0, 0.1) is 0 Å². The predicted molar refractivity (Wildman–Crippen MR) is 121 cm³/mol. The fourth-order valence-corrected chi connectivity index (χ4v) is 5.17. The molecule has 2 fully saturated rings. The van der Waals surface area contributed by atoms with Crippen LogP contribution in [0.5, 0.6) is 0 Å². The van der Waals surface area contributed by atoms with Gasteiger partial charge in [0.1, 0.15) is 5.60 Å². The molecular formula is C21H36N4O5S. The molecule has 0 aromatic carbocycles. The van der Waals surface area contributed by atoms with E-state index in [0.717, 1.165) is 37.9 Å². The van der Waals surface area contributed by atoms with E-state index >= 15 is 0 Å². The van der Waals surface area contributed by atoms with Crippen LogP contribution in [0.25, 0.3) is 0 Å². The van der Waals surface area contributed by atoms with Crippen LogP contribution in [0.2, 0.25) is 0 Å². The van der Waals surface area contributed by atoms with Gasteiger partial charge in [-0.15, -0.1) is 4.99 Å². The van der Waals surface area contributed by atoms with Crippen molar-refractivity contribution in [1.82, 2.24) is 16.0 Å². The quantitative estimate of drug-likeness (QED) is 0.349. The first kappa shape index (κ1) is 25.3. The van der Waals surface area contributed by atoms with Crippen LogP contribution < -0.4 is 16.0 Å². The minimum atomic E-state index is -0.786. The Bertz CT molecular complexity index is 665. The fourth-order valence-electron chi connectivity index (χ4n) is 3.62. The Hall–Kier alpha value is -1.97. The number of carboxylic acid groups (broad SMARTS) is 1. The van der Waals surface area contributed by atoms with Crippen molar-refractivity contribution in [3.05, 3.63) is 0 Å². The van der Waals surface area contributed by atoms with E-state index in [1.807, 2.05) is 32.5 Å². The lowest BCUT2D eigenvalue weighted by Crippen LogP contribution is -2.37. The number of ether oxygens (including phenoxy) is 1. The number of carbonyl (C=O) groups is 3. The fraction of sp³-hybridized carbons (Fsp3) is 0.810. The Balaban J connectivity index is 1.58. The number of hydrogen-bond acceptors (Lipinski definition) is 5. The summed E-state index contributed by atoms with van der Waals surface area (Å²) in [7, 11) is 0. The van der Waals surface area contributed by atoms with Crippen molar-refractivity contribution >= 4 is 35.7 Å². The summed E-state index contributed by atoms with van der Waals surface area (Å²) >= 11 is 1.92. The average molecular weight is 457 g/mol. The van der Waals surface area contributed by atoms with Gasteiger partial charge in [-0.3, -0.25) is 9.59 Å². The van der Waals surface area contributed by atoms with Gasteiger partial charge < -0.3 is 25.8 Å². The van der Waals surface area contributed by atoms with Crippen molar-refractivity contribution in [2.75, 3.05) is 12.3 Å². The molecule has 0 aliphatic carbocycles. The number of aliphatic carboxylic acids is 1. The summed E-state index contributed by atoms with van der Waals surface area (Å²) in [6.45, 7) is 6.10. The van der Waals surface area contributed by atoms with Gasteiger partial charge in [-0.1, -0.05) is 12.8 Å². The molecule has 176 valence electrons. The van der Waals surface area contributed by atoms with Gasteiger partial charge in [0.15, 0.2) is 0 Å². The molecule has 2 heterocycles. The van der Waals surface area contributed by atoms with E-state index in [4.69, 9.17) is 9.84 Å². The van der Waals surface area contributed by atoms with Gasteiger partial charge in [0, 0.05) is 30.4 Å². The van der Waals surface area contributed by atoms with Gasteiger partial charge in [-0.25, -0.2) is 4.79 Å². The zero-order valence-corrected chi connectivity index (χ0v) is 19.6. The number of thioether (sulfide) groups is 1. The molecule has 4 N–H and O–H groups in total. The largest absolute Gasteiger partial charge is 0.481 e. The number of nitrogens with one attached hydrogen (secondary N) is 3. The molecule has 1 unspecified atom stereocenters. The Kier molecular flexibility index (Phi) is 9.93. The van der Waals surface area contributed by atoms with E-state index < -0.39 is 17.7 Å². The molecule has 0 aromatic heterocycles. The smallest absolute Gasteiger partial charge is 0.437 e. The van der Waals surface area contributed by atoms with Crippen molar-refractivity contribution < 1.29 is 24.2 Å². The van der Waals surface area contributed by atoms with Crippen LogP contribution in [0.4, 0.5) is 4.79 Å². The number of carbonyl (C=O) groups excluding carboxylic acids is 2. The van der Waals surface area contributed by atoms with Crippen molar-refractivity contribution in [3.8, 4) is 0 Å². The zero-order chi connectivity index (χ0) is 22.9. The van der Waals surface area contributed by atoms with E-state index in [-0.39, 0.29) is 24.4 Å². The van der Waals surface area contributed by atoms with Crippen LogP contribution in [0.1, 0.15) is 72.1 Å². The summed E-state index contributed by atoms with van der Waals surface area (Å²) in [5, 5.41) is 18.6. The van der Waals surface area contributed by atoms with E-state index in [1.165, 1.54) is 0 Å². The molecule has 2 saturated heterocycles. The minimum Gasteiger partial charge on any atom is -0.481 e. The molecule has 0 spiro atoms. The van der Waals surface area contributed by atoms with Gasteiger partial charge in [-0.05, 0) is 46.5 Å². The molecule has 9 nitrogen and oxygen atoms in total.